The molecule has 0 aliphatic rings. The Balaban J connectivity index is 2.04. The maximum absolute atomic E-state index is 5.62. The zero-order valence-electron chi connectivity index (χ0n) is 14.9. The number of methoxy groups -OCH3 is 2. The van der Waals surface area contributed by atoms with E-state index >= 15 is 0 Å². The topological polar surface area (TPSA) is 52.6 Å². The van der Waals surface area contributed by atoms with Gasteiger partial charge in [0.25, 0.3) is 0 Å². The second-order valence-corrected chi connectivity index (χ2v) is 5.62. The largest absolute Gasteiger partial charge is 0.494 e. The quantitative estimate of drug-likeness (QED) is 0.706. The van der Waals surface area contributed by atoms with Gasteiger partial charge in [0.15, 0.2) is 11.5 Å². The smallest absolute Gasteiger partial charge is 0.162 e. The molecular weight excluding hydrogens is 316 g/mol. The van der Waals surface area contributed by atoms with Gasteiger partial charge in [-0.05, 0) is 50.2 Å². The summed E-state index contributed by atoms with van der Waals surface area (Å²) < 4.78 is 16.3. The van der Waals surface area contributed by atoms with E-state index in [9.17, 15) is 0 Å². The fourth-order valence-electron chi connectivity index (χ4n) is 2.77. The lowest BCUT2D eigenvalue weighted by Gasteiger charge is -2.14. The molecule has 0 unspecified atom stereocenters. The molecule has 0 saturated heterocycles. The van der Waals surface area contributed by atoms with Gasteiger partial charge in [-0.1, -0.05) is 0 Å². The normalized spacial score (nSPS) is 10.6. The molecule has 0 saturated carbocycles. The number of nitrogens with one attached hydrogen (secondary N) is 1. The molecule has 0 aliphatic carbocycles. The summed E-state index contributed by atoms with van der Waals surface area (Å²) in [6.07, 6.45) is 0. The standard InChI is InChI=1S/C20H22N2O3/c1-5-25-15-7-8-17-16(12-15)18(10-13(2)21-17)22-14-6-9-19(23-3)20(11-14)24-4/h6-12H,5H2,1-4H3,(H,21,22). The zero-order valence-corrected chi connectivity index (χ0v) is 14.9. The van der Waals surface area contributed by atoms with Crippen LogP contribution in [0.25, 0.3) is 10.9 Å². The lowest BCUT2D eigenvalue weighted by atomic mass is 10.1. The van der Waals surface area contributed by atoms with Crippen LogP contribution in [0.5, 0.6) is 17.2 Å². The minimum atomic E-state index is 0.628. The van der Waals surface area contributed by atoms with Gasteiger partial charge < -0.3 is 19.5 Å². The van der Waals surface area contributed by atoms with Crippen LogP contribution in [0.1, 0.15) is 12.6 Å². The van der Waals surface area contributed by atoms with Crippen LogP contribution in [0.15, 0.2) is 42.5 Å². The number of hydrogen-bond donors (Lipinski definition) is 1. The molecule has 5 heteroatoms. The third kappa shape index (κ3) is 3.60. The van der Waals surface area contributed by atoms with Crippen molar-refractivity contribution in [3.05, 3.63) is 48.2 Å². The highest BCUT2D eigenvalue weighted by atomic mass is 16.5. The molecule has 1 heterocycles. The van der Waals surface area contributed by atoms with Gasteiger partial charge in [0.2, 0.25) is 0 Å². The van der Waals surface area contributed by atoms with E-state index in [1.807, 2.05) is 56.3 Å². The van der Waals surface area contributed by atoms with Crippen molar-refractivity contribution in [2.75, 3.05) is 26.1 Å². The number of aryl methyl sites for hydroxylation is 1. The number of nitrogens with zero attached hydrogens (tertiary/aromatic N) is 1. The average molecular weight is 338 g/mol. The van der Waals surface area contributed by atoms with Gasteiger partial charge in [-0.25, -0.2) is 0 Å². The Hall–Kier alpha value is -2.95. The van der Waals surface area contributed by atoms with Crippen molar-refractivity contribution in [2.45, 2.75) is 13.8 Å². The molecule has 1 aromatic heterocycles. The fourth-order valence-corrected chi connectivity index (χ4v) is 2.77. The first-order valence-corrected chi connectivity index (χ1v) is 8.18. The van der Waals surface area contributed by atoms with Gasteiger partial charge in [-0.15, -0.1) is 0 Å². The van der Waals surface area contributed by atoms with Gasteiger partial charge in [0, 0.05) is 28.5 Å². The zero-order chi connectivity index (χ0) is 17.8. The number of anilines is 2. The molecule has 0 amide bonds. The van der Waals surface area contributed by atoms with Crippen LogP contribution in [-0.2, 0) is 0 Å². The maximum atomic E-state index is 5.62. The Morgan fingerprint density at radius 3 is 2.48 bits per heavy atom. The third-order valence-electron chi connectivity index (χ3n) is 3.88. The molecular formula is C20H22N2O3. The van der Waals surface area contributed by atoms with E-state index in [0.29, 0.717) is 18.1 Å². The molecule has 0 spiro atoms. The lowest BCUT2D eigenvalue weighted by molar-refractivity contribution is 0.340. The van der Waals surface area contributed by atoms with E-state index in [1.54, 1.807) is 14.2 Å². The molecule has 5 nitrogen and oxygen atoms in total. The Morgan fingerprint density at radius 2 is 1.76 bits per heavy atom. The molecule has 3 aromatic rings. The van der Waals surface area contributed by atoms with Crippen molar-refractivity contribution in [1.29, 1.82) is 0 Å². The number of pyridine rings is 1. The predicted molar refractivity (Wildman–Crippen MR) is 100 cm³/mol. The first kappa shape index (κ1) is 16.9. The minimum Gasteiger partial charge on any atom is -0.494 e. The SMILES string of the molecule is CCOc1ccc2nc(C)cc(Nc3ccc(OC)c(OC)c3)c2c1. The Bertz CT molecular complexity index is 893. The average Bonchev–Trinajstić information content (AvgIpc) is 2.62. The molecule has 1 N–H and O–H groups in total. The lowest BCUT2D eigenvalue weighted by Crippen LogP contribution is -1.97. The van der Waals surface area contributed by atoms with Crippen LogP contribution in [0, 0.1) is 6.92 Å². The fraction of sp³-hybridized carbons (Fsp3) is 0.250. The van der Waals surface area contributed by atoms with Gasteiger partial charge in [-0.3, -0.25) is 4.98 Å². The summed E-state index contributed by atoms with van der Waals surface area (Å²) in [6.45, 7) is 4.58. The number of fused-ring (bicyclic) bond motifs is 1. The summed E-state index contributed by atoms with van der Waals surface area (Å²) in [5, 5.41) is 4.46. The molecule has 0 atom stereocenters. The van der Waals surface area contributed by atoms with E-state index in [1.165, 1.54) is 0 Å². The molecule has 25 heavy (non-hydrogen) atoms. The van der Waals surface area contributed by atoms with Gasteiger partial charge in [-0.2, -0.15) is 0 Å². The number of aromatic nitrogens is 1. The Kier molecular flexibility index (Phi) is 4.93. The number of rotatable bonds is 6. The summed E-state index contributed by atoms with van der Waals surface area (Å²) in [5.74, 6) is 2.20. The number of ether oxygens (including phenoxy) is 3. The molecule has 130 valence electrons. The summed E-state index contributed by atoms with van der Waals surface area (Å²) in [4.78, 5) is 4.60. The highest BCUT2D eigenvalue weighted by molar-refractivity contribution is 5.94. The molecule has 0 fully saturated rings. The third-order valence-corrected chi connectivity index (χ3v) is 3.88. The van der Waals surface area contributed by atoms with Crippen LogP contribution in [0.3, 0.4) is 0 Å². The first-order chi connectivity index (χ1) is 12.1. The number of benzene rings is 2. The molecule has 0 bridgehead atoms. The second-order valence-electron chi connectivity index (χ2n) is 5.62. The highest BCUT2D eigenvalue weighted by Gasteiger charge is 2.09. The van der Waals surface area contributed by atoms with E-state index < -0.39 is 0 Å². The summed E-state index contributed by atoms with van der Waals surface area (Å²) in [5.41, 5.74) is 3.74. The maximum Gasteiger partial charge on any atom is 0.162 e. The van der Waals surface area contributed by atoms with Crippen LogP contribution >= 0.6 is 0 Å². The monoisotopic (exact) mass is 338 g/mol. The van der Waals surface area contributed by atoms with Gasteiger partial charge in [0.1, 0.15) is 5.75 Å². The Labute approximate surface area is 147 Å². The molecule has 0 aliphatic heterocycles. The van der Waals surface area contributed by atoms with Crippen molar-refractivity contribution in [1.82, 2.24) is 4.98 Å². The van der Waals surface area contributed by atoms with Crippen molar-refractivity contribution >= 4 is 22.3 Å². The number of hydrogen-bond acceptors (Lipinski definition) is 5. The summed E-state index contributed by atoms with van der Waals surface area (Å²) >= 11 is 0. The van der Waals surface area contributed by atoms with E-state index in [2.05, 4.69) is 10.3 Å². The van der Waals surface area contributed by atoms with Gasteiger partial charge >= 0.3 is 0 Å². The van der Waals surface area contributed by atoms with E-state index in [4.69, 9.17) is 14.2 Å². The highest BCUT2D eigenvalue weighted by Crippen LogP contribution is 2.34. The van der Waals surface area contributed by atoms with Gasteiger partial charge in [0.05, 0.1) is 26.3 Å². The molecule has 2 aromatic carbocycles. The van der Waals surface area contributed by atoms with Crippen LogP contribution < -0.4 is 19.5 Å². The summed E-state index contributed by atoms with van der Waals surface area (Å²) in [7, 11) is 3.25. The van der Waals surface area contributed by atoms with Crippen LogP contribution in [0.4, 0.5) is 11.4 Å². The first-order valence-electron chi connectivity index (χ1n) is 8.18. The second kappa shape index (κ2) is 7.30. The molecule has 3 rings (SSSR count). The predicted octanol–water partition coefficient (Wildman–Crippen LogP) is 4.70. The molecule has 0 radical (unpaired) electrons. The van der Waals surface area contributed by atoms with E-state index in [0.717, 1.165) is 33.7 Å². The Morgan fingerprint density at radius 1 is 0.960 bits per heavy atom. The van der Waals surface area contributed by atoms with Crippen LogP contribution in [0.2, 0.25) is 0 Å². The minimum absolute atomic E-state index is 0.628. The van der Waals surface area contributed by atoms with Crippen molar-refractivity contribution in [2.24, 2.45) is 0 Å². The van der Waals surface area contributed by atoms with Crippen molar-refractivity contribution < 1.29 is 14.2 Å². The summed E-state index contributed by atoms with van der Waals surface area (Å²) in [6, 6.07) is 13.7. The van der Waals surface area contributed by atoms with Crippen molar-refractivity contribution in [3.63, 3.8) is 0 Å². The van der Waals surface area contributed by atoms with Crippen molar-refractivity contribution in [3.8, 4) is 17.2 Å². The van der Waals surface area contributed by atoms with Crippen LogP contribution in [-0.4, -0.2) is 25.8 Å². The van der Waals surface area contributed by atoms with E-state index in [-0.39, 0.29) is 0 Å².